The van der Waals surface area contributed by atoms with E-state index in [1.807, 2.05) is 0 Å². The second-order valence-electron chi connectivity index (χ2n) is 5.33. The molecule has 7 nitrogen and oxygen atoms in total. The molecule has 0 saturated carbocycles. The third kappa shape index (κ3) is 1.59. The molecular formula is C13H14N4O3. The van der Waals surface area contributed by atoms with Gasteiger partial charge in [0.25, 0.3) is 0 Å². The molecule has 2 aromatic rings. The standard InChI is InChI=1S/C13H14N4O3/c18-7-16-2-1-11-10(5-16)13-12-8(6-20-15-12)3-9(19)4-17(13)14-11/h6-7,9,19H,1-5H2. The molecule has 0 radical (unpaired) electrons. The Kier molecular flexibility index (Phi) is 2.43. The fraction of sp³-hybridized carbons (Fsp3) is 0.462. The summed E-state index contributed by atoms with van der Waals surface area (Å²) in [4.78, 5) is 12.7. The summed E-state index contributed by atoms with van der Waals surface area (Å²) in [5.41, 5.74) is 4.52. The average Bonchev–Trinajstić information content (AvgIpc) is 2.98. The minimum Gasteiger partial charge on any atom is -0.391 e. The molecule has 0 fully saturated rings. The monoisotopic (exact) mass is 274 g/mol. The number of fused-ring (bicyclic) bond motifs is 5. The van der Waals surface area contributed by atoms with Crippen molar-refractivity contribution in [3.63, 3.8) is 0 Å². The lowest BCUT2D eigenvalue weighted by atomic mass is 10.0. The highest BCUT2D eigenvalue weighted by Gasteiger charge is 2.31. The minimum atomic E-state index is -0.502. The first-order valence-electron chi connectivity index (χ1n) is 6.66. The summed E-state index contributed by atoms with van der Waals surface area (Å²) in [5.74, 6) is 0. The number of carbonyl (C=O) groups is 1. The second-order valence-corrected chi connectivity index (χ2v) is 5.33. The highest BCUT2D eigenvalue weighted by atomic mass is 16.5. The summed E-state index contributed by atoms with van der Waals surface area (Å²) in [5, 5.41) is 18.7. The van der Waals surface area contributed by atoms with Gasteiger partial charge in [0.2, 0.25) is 6.41 Å². The van der Waals surface area contributed by atoms with Gasteiger partial charge in [-0.15, -0.1) is 0 Å². The molecule has 2 aliphatic heterocycles. The van der Waals surface area contributed by atoms with Crippen LogP contribution in [0.25, 0.3) is 11.4 Å². The van der Waals surface area contributed by atoms with Gasteiger partial charge in [-0.05, 0) is 0 Å². The first kappa shape index (κ1) is 11.7. The summed E-state index contributed by atoms with van der Waals surface area (Å²) in [6, 6.07) is 0. The Bertz CT molecular complexity index is 675. The van der Waals surface area contributed by atoms with Gasteiger partial charge in [0.15, 0.2) is 0 Å². The van der Waals surface area contributed by atoms with Crippen molar-refractivity contribution in [3.05, 3.63) is 23.1 Å². The van der Waals surface area contributed by atoms with E-state index in [4.69, 9.17) is 4.52 Å². The number of aromatic nitrogens is 3. The molecule has 0 aromatic carbocycles. The molecule has 20 heavy (non-hydrogen) atoms. The molecule has 104 valence electrons. The molecule has 1 amide bonds. The van der Waals surface area contributed by atoms with E-state index in [1.165, 1.54) is 0 Å². The van der Waals surface area contributed by atoms with E-state index in [1.54, 1.807) is 15.8 Å². The van der Waals surface area contributed by atoms with Gasteiger partial charge in [0.1, 0.15) is 12.0 Å². The van der Waals surface area contributed by atoms with Crippen molar-refractivity contribution >= 4 is 6.41 Å². The van der Waals surface area contributed by atoms with Crippen molar-refractivity contribution in [2.45, 2.75) is 32.0 Å². The Balaban J connectivity index is 1.91. The quantitative estimate of drug-likeness (QED) is 0.738. The van der Waals surface area contributed by atoms with Crippen molar-refractivity contribution in [3.8, 4) is 11.4 Å². The minimum absolute atomic E-state index is 0.444. The second kappa shape index (κ2) is 4.17. The Labute approximate surface area is 114 Å². The predicted molar refractivity (Wildman–Crippen MR) is 67.6 cm³/mol. The molecule has 1 N–H and O–H groups in total. The van der Waals surface area contributed by atoms with Crippen LogP contribution in [0.4, 0.5) is 0 Å². The summed E-state index contributed by atoms with van der Waals surface area (Å²) >= 11 is 0. The lowest BCUT2D eigenvalue weighted by Crippen LogP contribution is -2.29. The Morgan fingerprint density at radius 3 is 3.25 bits per heavy atom. The number of carbonyl (C=O) groups excluding carboxylic acids is 1. The molecule has 1 unspecified atom stereocenters. The zero-order valence-electron chi connectivity index (χ0n) is 10.8. The number of nitrogens with zero attached hydrogens (tertiary/aromatic N) is 4. The van der Waals surface area contributed by atoms with Crippen LogP contribution < -0.4 is 0 Å². The van der Waals surface area contributed by atoms with Gasteiger partial charge in [0, 0.05) is 37.1 Å². The lowest BCUT2D eigenvalue weighted by molar-refractivity contribution is -0.118. The molecule has 2 aromatic heterocycles. The molecule has 0 saturated heterocycles. The first-order chi connectivity index (χ1) is 9.76. The highest BCUT2D eigenvalue weighted by Crippen LogP contribution is 2.34. The topological polar surface area (TPSA) is 84.4 Å². The molecule has 1 atom stereocenters. The number of rotatable bonds is 1. The maximum absolute atomic E-state index is 11.0. The number of aliphatic hydroxyl groups is 1. The molecule has 0 bridgehead atoms. The molecule has 4 rings (SSSR count). The zero-order chi connectivity index (χ0) is 13.7. The van der Waals surface area contributed by atoms with Gasteiger partial charge >= 0.3 is 0 Å². The maximum atomic E-state index is 11.0. The average molecular weight is 274 g/mol. The van der Waals surface area contributed by atoms with Crippen molar-refractivity contribution in [2.24, 2.45) is 0 Å². The number of aliphatic hydroxyl groups excluding tert-OH is 1. The van der Waals surface area contributed by atoms with Crippen LogP contribution in [0.5, 0.6) is 0 Å². The van der Waals surface area contributed by atoms with Crippen LogP contribution in [0.2, 0.25) is 0 Å². The van der Waals surface area contributed by atoms with Gasteiger partial charge in [-0.25, -0.2) is 0 Å². The Morgan fingerprint density at radius 1 is 1.50 bits per heavy atom. The van der Waals surface area contributed by atoms with Gasteiger partial charge in [-0.2, -0.15) is 5.10 Å². The van der Waals surface area contributed by atoms with E-state index >= 15 is 0 Å². The van der Waals surface area contributed by atoms with Crippen LogP contribution in [-0.4, -0.2) is 44.0 Å². The molecule has 7 heteroatoms. The van der Waals surface area contributed by atoms with Crippen LogP contribution in [0, 0.1) is 0 Å². The number of hydrogen-bond donors (Lipinski definition) is 1. The maximum Gasteiger partial charge on any atom is 0.210 e. The molecular weight excluding hydrogens is 260 g/mol. The Hall–Kier alpha value is -2.15. The summed E-state index contributed by atoms with van der Waals surface area (Å²) in [6.07, 6.45) is 3.18. The van der Waals surface area contributed by atoms with E-state index in [0.717, 1.165) is 41.0 Å². The normalized spacial score (nSPS) is 20.9. The third-order valence-corrected chi connectivity index (χ3v) is 3.99. The van der Waals surface area contributed by atoms with Crippen molar-refractivity contribution < 1.29 is 14.4 Å². The summed E-state index contributed by atoms with van der Waals surface area (Å²) < 4.78 is 6.86. The van der Waals surface area contributed by atoms with Crippen molar-refractivity contribution in [1.82, 2.24) is 19.8 Å². The Morgan fingerprint density at radius 2 is 2.40 bits per heavy atom. The van der Waals surface area contributed by atoms with Gasteiger partial charge in [-0.1, -0.05) is 5.16 Å². The van der Waals surface area contributed by atoms with E-state index in [2.05, 4.69) is 10.3 Å². The van der Waals surface area contributed by atoms with E-state index in [0.29, 0.717) is 26.1 Å². The highest BCUT2D eigenvalue weighted by molar-refractivity contribution is 5.65. The van der Waals surface area contributed by atoms with Crippen molar-refractivity contribution in [2.75, 3.05) is 6.54 Å². The van der Waals surface area contributed by atoms with Gasteiger partial charge in [-0.3, -0.25) is 9.48 Å². The van der Waals surface area contributed by atoms with Crippen LogP contribution >= 0.6 is 0 Å². The van der Waals surface area contributed by atoms with E-state index < -0.39 is 6.10 Å². The van der Waals surface area contributed by atoms with Gasteiger partial charge < -0.3 is 14.5 Å². The van der Waals surface area contributed by atoms with E-state index in [-0.39, 0.29) is 0 Å². The molecule has 0 spiro atoms. The number of amides is 1. The summed E-state index contributed by atoms with van der Waals surface area (Å²) in [7, 11) is 0. The SMILES string of the molecule is O=CN1CCc2nn3c(c2C1)-c1nocc1CC(O)C3. The molecule has 0 aliphatic carbocycles. The fourth-order valence-electron chi connectivity index (χ4n) is 3.05. The van der Waals surface area contributed by atoms with Crippen LogP contribution in [0.15, 0.2) is 10.8 Å². The zero-order valence-corrected chi connectivity index (χ0v) is 10.8. The predicted octanol–water partition coefficient (Wildman–Crippen LogP) is -0.0304. The molecule has 4 heterocycles. The smallest absolute Gasteiger partial charge is 0.210 e. The third-order valence-electron chi connectivity index (χ3n) is 3.99. The number of hydrogen-bond acceptors (Lipinski definition) is 5. The largest absolute Gasteiger partial charge is 0.391 e. The van der Waals surface area contributed by atoms with Crippen LogP contribution in [-0.2, 0) is 30.7 Å². The van der Waals surface area contributed by atoms with Crippen molar-refractivity contribution in [1.29, 1.82) is 0 Å². The van der Waals surface area contributed by atoms with E-state index in [9.17, 15) is 9.90 Å². The first-order valence-corrected chi connectivity index (χ1v) is 6.66. The van der Waals surface area contributed by atoms with Crippen LogP contribution in [0.3, 0.4) is 0 Å². The fourth-order valence-corrected chi connectivity index (χ4v) is 3.05. The molecule has 2 aliphatic rings. The van der Waals surface area contributed by atoms with Crippen LogP contribution in [0.1, 0.15) is 16.8 Å². The summed E-state index contributed by atoms with van der Waals surface area (Å²) in [6.45, 7) is 1.66. The van der Waals surface area contributed by atoms with Gasteiger partial charge in [0.05, 0.1) is 24.0 Å². The lowest BCUT2D eigenvalue weighted by Gasteiger charge is -2.22.